The van der Waals surface area contributed by atoms with Crippen LogP contribution in [0.25, 0.3) is 0 Å². The number of carbonyl (C=O) groups excluding carboxylic acids is 1. The quantitative estimate of drug-likeness (QED) is 0.399. The molecule has 0 aromatic carbocycles. The van der Waals surface area contributed by atoms with Crippen LogP contribution in [0.2, 0.25) is 0 Å². The number of hydrogen-bond donors (Lipinski definition) is 0. The minimum Gasteiger partial charge on any atom is -0.273 e. The number of hydrogen-bond acceptors (Lipinski definition) is 1. The van der Waals surface area contributed by atoms with Crippen LogP contribution in [0.4, 0.5) is 0 Å². The van der Waals surface area contributed by atoms with Crippen molar-refractivity contribution in [1.82, 2.24) is 0 Å². The lowest BCUT2D eigenvalue weighted by Gasteiger charge is -1.83. The molecule has 1 nitrogen and oxygen atoms in total. The van der Waals surface area contributed by atoms with Gasteiger partial charge in [0.2, 0.25) is 0 Å². The minimum absolute atomic E-state index is 0.427. The lowest BCUT2D eigenvalue weighted by atomic mass is 10.2. The molecule has 2 heteroatoms. The van der Waals surface area contributed by atoms with Crippen LogP contribution in [-0.4, -0.2) is 5.24 Å². The Labute approximate surface area is 58.3 Å². The second-order valence-corrected chi connectivity index (χ2v) is 1.91. The van der Waals surface area contributed by atoms with Gasteiger partial charge in [-0.1, -0.05) is 0 Å². The van der Waals surface area contributed by atoms with Crippen molar-refractivity contribution in [3.05, 3.63) is 36.0 Å². The van der Waals surface area contributed by atoms with Crippen LogP contribution >= 0.6 is 11.6 Å². The van der Waals surface area contributed by atoms with E-state index in [1.165, 1.54) is 0 Å². The summed E-state index contributed by atoms with van der Waals surface area (Å²) in [7, 11) is 0. The molecule has 0 heterocycles. The molecule has 9 heavy (non-hydrogen) atoms. The number of allylic oxidation sites excluding steroid dienone is 6. The SMILES string of the molecule is O=C(Cl)C1=CC=[C+]C=C1. The Morgan fingerprint density at radius 1 is 1.67 bits per heavy atom. The molecule has 0 unspecified atom stereocenters. The summed E-state index contributed by atoms with van der Waals surface area (Å²) in [5, 5.41) is -0.427. The average molecular weight is 140 g/mol. The van der Waals surface area contributed by atoms with Gasteiger partial charge >= 0.3 is 0 Å². The summed E-state index contributed by atoms with van der Waals surface area (Å²) in [6, 6.07) is 0. The maximum absolute atomic E-state index is 10.4. The lowest BCUT2D eigenvalue weighted by molar-refractivity contribution is -0.108. The predicted octanol–water partition coefficient (Wildman–Crippen LogP) is 1.61. The highest BCUT2D eigenvalue weighted by Crippen LogP contribution is 2.05. The van der Waals surface area contributed by atoms with Gasteiger partial charge in [-0.25, -0.2) is 0 Å². The van der Waals surface area contributed by atoms with Crippen molar-refractivity contribution >= 4 is 16.8 Å². The average Bonchev–Trinajstić information content (AvgIpc) is 1.90. The first-order valence-corrected chi connectivity index (χ1v) is 2.84. The highest BCUT2D eigenvalue weighted by atomic mass is 35.5. The fourth-order valence-electron chi connectivity index (χ4n) is 0.518. The van der Waals surface area contributed by atoms with Crippen LogP contribution in [0.15, 0.2) is 29.9 Å². The van der Waals surface area contributed by atoms with Gasteiger partial charge in [0.25, 0.3) is 5.24 Å². The van der Waals surface area contributed by atoms with Crippen molar-refractivity contribution in [1.29, 1.82) is 0 Å². The summed E-state index contributed by atoms with van der Waals surface area (Å²) in [4.78, 5) is 10.4. The first-order valence-electron chi connectivity index (χ1n) is 2.46. The van der Waals surface area contributed by atoms with Crippen LogP contribution in [0.3, 0.4) is 0 Å². The fourth-order valence-corrected chi connectivity index (χ4v) is 0.644. The zero-order valence-corrected chi connectivity index (χ0v) is 5.35. The van der Waals surface area contributed by atoms with Crippen LogP contribution in [0.1, 0.15) is 0 Å². The Bertz CT molecular complexity index is 211. The Kier molecular flexibility index (Phi) is 1.78. The second kappa shape index (κ2) is 2.58. The highest BCUT2D eigenvalue weighted by molar-refractivity contribution is 6.68. The molecule has 0 atom stereocenters. The third-order valence-corrected chi connectivity index (χ3v) is 1.16. The normalized spacial score (nSPS) is 14.6. The smallest absolute Gasteiger partial charge is 0.273 e. The van der Waals surface area contributed by atoms with Gasteiger partial charge in [0.15, 0.2) is 0 Å². The molecule has 0 aromatic rings. The monoisotopic (exact) mass is 139 g/mol. The van der Waals surface area contributed by atoms with Gasteiger partial charge in [-0.05, 0) is 11.6 Å². The maximum Gasteiger partial charge on any atom is 0.279 e. The molecule has 1 aliphatic rings. The summed E-state index contributed by atoms with van der Waals surface area (Å²) in [6.07, 6.45) is 9.31. The van der Waals surface area contributed by atoms with Gasteiger partial charge in [0, 0.05) is 6.08 Å². The first kappa shape index (κ1) is 6.21. The highest BCUT2D eigenvalue weighted by Gasteiger charge is 2.08. The lowest BCUT2D eigenvalue weighted by Crippen LogP contribution is -1.89. The van der Waals surface area contributed by atoms with Crippen LogP contribution in [0, 0.1) is 6.08 Å². The van der Waals surface area contributed by atoms with Crippen LogP contribution in [-0.2, 0) is 4.79 Å². The largest absolute Gasteiger partial charge is 0.279 e. The van der Waals surface area contributed by atoms with E-state index in [2.05, 4.69) is 6.08 Å². The summed E-state index contributed by atoms with van der Waals surface area (Å²) >= 11 is 5.15. The van der Waals surface area contributed by atoms with Gasteiger partial charge in [-0.3, -0.25) is 4.79 Å². The molecule has 0 spiro atoms. The van der Waals surface area contributed by atoms with E-state index in [-0.39, 0.29) is 0 Å². The zero-order valence-electron chi connectivity index (χ0n) is 4.60. The van der Waals surface area contributed by atoms with Gasteiger partial charge in [0.05, 0.1) is 12.2 Å². The predicted molar refractivity (Wildman–Crippen MR) is 35.9 cm³/mol. The maximum atomic E-state index is 10.4. The van der Waals surface area contributed by atoms with E-state index in [0.29, 0.717) is 5.57 Å². The molecule has 0 N–H and O–H groups in total. The van der Waals surface area contributed by atoms with E-state index >= 15 is 0 Å². The summed E-state index contributed by atoms with van der Waals surface area (Å²) in [5.74, 6) is 0. The van der Waals surface area contributed by atoms with E-state index in [1.807, 2.05) is 0 Å². The molecular weight excluding hydrogens is 136 g/mol. The third kappa shape index (κ3) is 1.49. The summed E-state index contributed by atoms with van der Waals surface area (Å²) in [6.45, 7) is 0. The summed E-state index contributed by atoms with van der Waals surface area (Å²) in [5.41, 5.74) is 0.510. The van der Waals surface area contributed by atoms with E-state index in [9.17, 15) is 4.79 Å². The molecule has 1 rings (SSSR count). The Hall–Kier alpha value is -0.910. The third-order valence-electron chi connectivity index (χ3n) is 0.945. The van der Waals surface area contributed by atoms with Crippen molar-refractivity contribution in [2.45, 2.75) is 0 Å². The number of rotatable bonds is 1. The van der Waals surface area contributed by atoms with Crippen molar-refractivity contribution in [2.75, 3.05) is 0 Å². The molecule has 0 saturated heterocycles. The van der Waals surface area contributed by atoms with Crippen molar-refractivity contribution in [3.63, 3.8) is 0 Å². The van der Waals surface area contributed by atoms with Crippen molar-refractivity contribution < 1.29 is 4.79 Å². The van der Waals surface area contributed by atoms with E-state index in [4.69, 9.17) is 11.6 Å². The Morgan fingerprint density at radius 2 is 2.44 bits per heavy atom. The topological polar surface area (TPSA) is 17.1 Å². The second-order valence-electron chi connectivity index (χ2n) is 1.56. The Balaban J connectivity index is 2.84. The molecule has 0 bridgehead atoms. The van der Waals surface area contributed by atoms with Crippen LogP contribution < -0.4 is 0 Å². The fraction of sp³-hybridized carbons (Fsp3) is 0. The standard InChI is InChI=1S/C7H4ClO/c8-7(9)6-4-2-1-3-5-6/h2-5H/q+1. The van der Waals surface area contributed by atoms with Gasteiger partial charge in [0.1, 0.15) is 17.7 Å². The summed E-state index contributed by atoms with van der Waals surface area (Å²) < 4.78 is 0. The molecule has 1 aliphatic carbocycles. The zero-order chi connectivity index (χ0) is 6.69. The first-order chi connectivity index (χ1) is 4.30. The molecule has 0 aromatic heterocycles. The van der Waals surface area contributed by atoms with Crippen molar-refractivity contribution in [3.8, 4) is 0 Å². The molecule has 44 valence electrons. The molecule has 0 radical (unpaired) electrons. The van der Waals surface area contributed by atoms with E-state index in [0.717, 1.165) is 0 Å². The molecule has 0 amide bonds. The number of halogens is 1. The van der Waals surface area contributed by atoms with E-state index in [1.54, 1.807) is 24.3 Å². The van der Waals surface area contributed by atoms with Crippen LogP contribution in [0.5, 0.6) is 0 Å². The van der Waals surface area contributed by atoms with Gasteiger partial charge < -0.3 is 0 Å². The molecule has 0 aliphatic heterocycles. The molecular formula is C7H4ClO+. The number of carbonyl (C=O) groups is 1. The Morgan fingerprint density at radius 3 is 2.78 bits per heavy atom. The molecule has 0 saturated carbocycles. The minimum atomic E-state index is -0.427. The van der Waals surface area contributed by atoms with Crippen molar-refractivity contribution in [2.24, 2.45) is 0 Å². The van der Waals surface area contributed by atoms with E-state index < -0.39 is 5.24 Å². The van der Waals surface area contributed by atoms with Gasteiger partial charge in [-0.2, -0.15) is 0 Å². The molecule has 0 fully saturated rings. The van der Waals surface area contributed by atoms with Gasteiger partial charge in [-0.15, -0.1) is 0 Å².